The van der Waals surface area contributed by atoms with Crippen LogP contribution in [0.2, 0.25) is 0 Å². The molecule has 0 fully saturated rings. The van der Waals surface area contributed by atoms with Gasteiger partial charge in [0.25, 0.3) is 0 Å². The van der Waals surface area contributed by atoms with Crippen molar-refractivity contribution in [2.75, 3.05) is 0 Å². The zero-order valence-electron chi connectivity index (χ0n) is 9.84. The molecule has 1 aliphatic rings. The van der Waals surface area contributed by atoms with Gasteiger partial charge in [-0.3, -0.25) is 4.79 Å². The van der Waals surface area contributed by atoms with Gasteiger partial charge in [0.05, 0.1) is 0 Å². The maximum Gasteiger partial charge on any atom is 0.137 e. The van der Waals surface area contributed by atoms with Crippen molar-refractivity contribution >= 4 is 5.78 Å². The summed E-state index contributed by atoms with van der Waals surface area (Å²) >= 11 is 0. The van der Waals surface area contributed by atoms with E-state index in [1.54, 1.807) is 0 Å². The van der Waals surface area contributed by atoms with E-state index in [1.807, 2.05) is 0 Å². The number of carbonyl (C=O) groups is 1. The molecule has 80 valence electrons. The molecule has 0 saturated heterocycles. The average molecular weight is 194 g/mol. The van der Waals surface area contributed by atoms with E-state index in [1.165, 1.54) is 0 Å². The summed E-state index contributed by atoms with van der Waals surface area (Å²) in [6, 6.07) is 0. The summed E-state index contributed by atoms with van der Waals surface area (Å²) < 4.78 is 0. The number of carbonyl (C=O) groups excluding carboxylic acids is 1. The number of Topliss-reactive ketones (excluding diaryl/α,β-unsaturated/α-hetero) is 1. The Labute approximate surface area is 87.6 Å². The largest absolute Gasteiger partial charge is 0.299 e. The lowest BCUT2D eigenvalue weighted by Crippen LogP contribution is -2.37. The number of hydrogen-bond acceptors (Lipinski definition) is 1. The lowest BCUT2D eigenvalue weighted by molar-refractivity contribution is -0.128. The summed E-state index contributed by atoms with van der Waals surface area (Å²) in [5, 5.41) is 0. The molecule has 0 N–H and O–H groups in total. The average Bonchev–Trinajstić information content (AvgIpc) is 2.02. The maximum atomic E-state index is 12.0. The first-order valence-corrected chi connectivity index (χ1v) is 5.68. The van der Waals surface area contributed by atoms with Crippen LogP contribution in [-0.4, -0.2) is 5.78 Å². The first-order chi connectivity index (χ1) is 6.49. The summed E-state index contributed by atoms with van der Waals surface area (Å²) in [4.78, 5) is 12.0. The maximum absolute atomic E-state index is 12.0. The van der Waals surface area contributed by atoms with Crippen molar-refractivity contribution in [1.29, 1.82) is 0 Å². The van der Waals surface area contributed by atoms with Crippen molar-refractivity contribution < 1.29 is 4.79 Å². The topological polar surface area (TPSA) is 17.1 Å². The molecule has 0 unspecified atom stereocenters. The monoisotopic (exact) mass is 194 g/mol. The Morgan fingerprint density at radius 3 is 2.64 bits per heavy atom. The van der Waals surface area contributed by atoms with Crippen molar-refractivity contribution in [1.82, 2.24) is 0 Å². The molecule has 0 amide bonds. The first kappa shape index (κ1) is 11.5. The Hall–Kier alpha value is -0.590. The minimum atomic E-state index is 0.153. The van der Waals surface area contributed by atoms with E-state index in [2.05, 4.69) is 39.8 Å². The van der Waals surface area contributed by atoms with Crippen LogP contribution in [0.5, 0.6) is 0 Å². The molecule has 1 aliphatic carbocycles. The molecule has 1 nitrogen and oxygen atoms in total. The minimum Gasteiger partial charge on any atom is -0.299 e. The summed E-state index contributed by atoms with van der Waals surface area (Å²) in [7, 11) is 0. The van der Waals surface area contributed by atoms with Crippen LogP contribution in [0.15, 0.2) is 12.2 Å². The van der Waals surface area contributed by atoms with Gasteiger partial charge in [0.2, 0.25) is 0 Å². The van der Waals surface area contributed by atoms with Crippen LogP contribution >= 0.6 is 0 Å². The van der Waals surface area contributed by atoms with Gasteiger partial charge in [-0.25, -0.2) is 0 Å². The quantitative estimate of drug-likeness (QED) is 0.627. The molecule has 0 aliphatic heterocycles. The smallest absolute Gasteiger partial charge is 0.137 e. The minimum absolute atomic E-state index is 0.153. The molecule has 0 radical (unpaired) electrons. The van der Waals surface area contributed by atoms with Gasteiger partial charge >= 0.3 is 0 Å². The van der Waals surface area contributed by atoms with Crippen molar-refractivity contribution in [3.63, 3.8) is 0 Å². The Bertz CT molecular complexity index is 238. The SMILES string of the molecule is CCCC(=O)[C@H]1[C@H](C)C=CCC1(C)C. The second kappa shape index (κ2) is 4.29. The summed E-state index contributed by atoms with van der Waals surface area (Å²) in [5.74, 6) is 1.10. The number of allylic oxidation sites excluding steroid dienone is 2. The van der Waals surface area contributed by atoms with E-state index < -0.39 is 0 Å². The first-order valence-electron chi connectivity index (χ1n) is 5.68. The molecule has 1 rings (SSSR count). The second-order valence-electron chi connectivity index (χ2n) is 5.17. The van der Waals surface area contributed by atoms with Crippen LogP contribution in [0.3, 0.4) is 0 Å². The van der Waals surface area contributed by atoms with Gasteiger partial charge in [-0.05, 0) is 24.2 Å². The zero-order chi connectivity index (χ0) is 10.8. The molecule has 0 heterocycles. The van der Waals surface area contributed by atoms with Crippen molar-refractivity contribution in [3.8, 4) is 0 Å². The van der Waals surface area contributed by atoms with E-state index in [9.17, 15) is 4.79 Å². The predicted molar refractivity (Wildman–Crippen MR) is 60.1 cm³/mol. The molecule has 0 saturated carbocycles. The predicted octanol–water partition coefficient (Wildman–Crippen LogP) is 3.59. The van der Waals surface area contributed by atoms with Crippen LogP contribution < -0.4 is 0 Å². The molecule has 0 spiro atoms. The van der Waals surface area contributed by atoms with Crippen LogP contribution in [0.4, 0.5) is 0 Å². The molecule has 0 aromatic rings. The van der Waals surface area contributed by atoms with Crippen LogP contribution in [0.1, 0.15) is 47.0 Å². The van der Waals surface area contributed by atoms with Gasteiger partial charge in [-0.1, -0.05) is 39.8 Å². The second-order valence-corrected chi connectivity index (χ2v) is 5.17. The zero-order valence-corrected chi connectivity index (χ0v) is 9.84. The van der Waals surface area contributed by atoms with Gasteiger partial charge in [-0.2, -0.15) is 0 Å². The van der Waals surface area contributed by atoms with E-state index in [0.717, 1.165) is 19.3 Å². The molecule has 0 aromatic heterocycles. The molecular formula is C13H22O. The molecule has 0 bridgehead atoms. The third kappa shape index (κ3) is 2.26. The highest BCUT2D eigenvalue weighted by atomic mass is 16.1. The Kier molecular flexibility index (Phi) is 3.52. The summed E-state index contributed by atoms with van der Waals surface area (Å²) in [6.07, 6.45) is 7.18. The van der Waals surface area contributed by atoms with Crippen molar-refractivity contribution in [2.45, 2.75) is 47.0 Å². The molecule has 0 aromatic carbocycles. The fourth-order valence-electron chi connectivity index (χ4n) is 2.67. The van der Waals surface area contributed by atoms with Gasteiger partial charge in [0.15, 0.2) is 0 Å². The lowest BCUT2D eigenvalue weighted by atomic mass is 9.65. The number of ketones is 1. The number of hydrogen-bond donors (Lipinski definition) is 0. The molecule has 1 heteroatoms. The summed E-state index contributed by atoms with van der Waals surface area (Å²) in [6.45, 7) is 8.67. The highest BCUT2D eigenvalue weighted by Gasteiger charge is 2.38. The lowest BCUT2D eigenvalue weighted by Gasteiger charge is -2.38. The van der Waals surface area contributed by atoms with E-state index in [-0.39, 0.29) is 11.3 Å². The molecular weight excluding hydrogens is 172 g/mol. The van der Waals surface area contributed by atoms with Crippen molar-refractivity contribution in [3.05, 3.63) is 12.2 Å². The summed E-state index contributed by atoms with van der Waals surface area (Å²) in [5.41, 5.74) is 0.153. The molecule has 2 atom stereocenters. The van der Waals surface area contributed by atoms with Gasteiger partial charge in [-0.15, -0.1) is 0 Å². The van der Waals surface area contributed by atoms with Crippen LogP contribution in [0, 0.1) is 17.3 Å². The number of rotatable bonds is 3. The van der Waals surface area contributed by atoms with E-state index in [4.69, 9.17) is 0 Å². The third-order valence-electron chi connectivity index (χ3n) is 3.29. The Morgan fingerprint density at radius 1 is 1.50 bits per heavy atom. The van der Waals surface area contributed by atoms with Gasteiger partial charge in [0, 0.05) is 12.3 Å². The fourth-order valence-corrected chi connectivity index (χ4v) is 2.67. The Morgan fingerprint density at radius 2 is 2.14 bits per heavy atom. The third-order valence-corrected chi connectivity index (χ3v) is 3.29. The Balaban J connectivity index is 2.82. The fraction of sp³-hybridized carbons (Fsp3) is 0.769. The van der Waals surface area contributed by atoms with E-state index in [0.29, 0.717) is 11.7 Å². The highest BCUT2D eigenvalue weighted by molar-refractivity contribution is 5.82. The van der Waals surface area contributed by atoms with Crippen molar-refractivity contribution in [2.24, 2.45) is 17.3 Å². The highest BCUT2D eigenvalue weighted by Crippen LogP contribution is 2.41. The molecule has 14 heavy (non-hydrogen) atoms. The van der Waals surface area contributed by atoms with E-state index >= 15 is 0 Å². The standard InChI is InChI=1S/C13H22O/c1-5-7-11(14)12-10(2)8-6-9-13(12,3)4/h6,8,10,12H,5,7,9H2,1-4H3/t10-,12-/m1/s1. The van der Waals surface area contributed by atoms with Crippen LogP contribution in [-0.2, 0) is 4.79 Å². The normalized spacial score (nSPS) is 30.3. The van der Waals surface area contributed by atoms with Crippen LogP contribution in [0.25, 0.3) is 0 Å². The van der Waals surface area contributed by atoms with Gasteiger partial charge in [0.1, 0.15) is 5.78 Å². The van der Waals surface area contributed by atoms with Gasteiger partial charge < -0.3 is 0 Å².